The second-order valence-corrected chi connectivity index (χ2v) is 7.88. The fourth-order valence-electron chi connectivity index (χ4n) is 3.27. The number of carboxylic acid groups (broad SMARTS) is 1. The molecule has 2 aromatic heterocycles. The van der Waals surface area contributed by atoms with E-state index in [2.05, 4.69) is 10.6 Å². The summed E-state index contributed by atoms with van der Waals surface area (Å²) >= 11 is 1.44. The van der Waals surface area contributed by atoms with Gasteiger partial charge in [0.25, 0.3) is 5.91 Å². The molecule has 0 saturated carbocycles. The quantitative estimate of drug-likeness (QED) is 0.641. The van der Waals surface area contributed by atoms with Crippen molar-refractivity contribution in [1.82, 2.24) is 5.32 Å². The minimum absolute atomic E-state index is 0.0646. The van der Waals surface area contributed by atoms with E-state index in [9.17, 15) is 14.4 Å². The molecule has 0 fully saturated rings. The zero-order valence-corrected chi connectivity index (χ0v) is 15.9. The molecule has 1 atom stereocenters. The summed E-state index contributed by atoms with van der Waals surface area (Å²) in [6.07, 6.45) is 4.31. The molecule has 0 saturated heterocycles. The Morgan fingerprint density at radius 3 is 2.81 bits per heavy atom. The summed E-state index contributed by atoms with van der Waals surface area (Å²) in [5.41, 5.74) is 1.53. The number of hydrogen-bond acceptors (Lipinski definition) is 5. The Kier molecular flexibility index (Phi) is 5.95. The molecule has 144 valence electrons. The number of aliphatic carboxylic acids is 1. The molecule has 3 rings (SSSR count). The van der Waals surface area contributed by atoms with Gasteiger partial charge in [-0.25, -0.2) is 0 Å². The van der Waals surface area contributed by atoms with Crippen LogP contribution in [-0.4, -0.2) is 22.9 Å². The van der Waals surface area contributed by atoms with Crippen LogP contribution in [0.1, 0.15) is 52.7 Å². The maximum Gasteiger partial charge on any atom is 0.303 e. The van der Waals surface area contributed by atoms with Crippen molar-refractivity contribution >= 4 is 34.1 Å². The van der Waals surface area contributed by atoms with Gasteiger partial charge in [0.2, 0.25) is 5.91 Å². The average molecular weight is 390 g/mol. The van der Waals surface area contributed by atoms with Crippen LogP contribution in [0.25, 0.3) is 0 Å². The number of thiophene rings is 1. The van der Waals surface area contributed by atoms with Crippen molar-refractivity contribution in [2.45, 2.75) is 45.6 Å². The van der Waals surface area contributed by atoms with Crippen molar-refractivity contribution in [3.05, 3.63) is 40.2 Å². The van der Waals surface area contributed by atoms with Crippen LogP contribution >= 0.6 is 11.3 Å². The van der Waals surface area contributed by atoms with Crippen molar-refractivity contribution in [2.75, 3.05) is 5.32 Å². The normalized spacial score (nSPS) is 13.8. The largest absolute Gasteiger partial charge is 0.481 e. The smallest absolute Gasteiger partial charge is 0.303 e. The van der Waals surface area contributed by atoms with Gasteiger partial charge in [-0.1, -0.05) is 6.92 Å². The number of fused-ring (bicyclic) bond motifs is 1. The number of nitrogens with one attached hydrogen (secondary N) is 2. The molecule has 0 radical (unpaired) electrons. The zero-order valence-electron chi connectivity index (χ0n) is 15.0. The third-order valence-corrected chi connectivity index (χ3v) is 5.67. The molecule has 8 heteroatoms. The second-order valence-electron chi connectivity index (χ2n) is 6.78. The first kappa shape index (κ1) is 19.2. The van der Waals surface area contributed by atoms with E-state index in [1.165, 1.54) is 11.3 Å². The standard InChI is InChI=1S/C19H22N2O5S/c1-11(9-16(23)24)8-15(22)21-19-17(13-5-2-6-14(13)27-19)18(25)20-10-12-4-3-7-26-12/h3-4,7,11H,2,5-6,8-10H2,1H3,(H,20,25)(H,21,22)(H,23,24)/t11-/m1/s1. The van der Waals surface area contributed by atoms with Crippen molar-refractivity contribution in [3.63, 3.8) is 0 Å². The molecule has 0 aliphatic heterocycles. The molecule has 0 spiro atoms. The van der Waals surface area contributed by atoms with E-state index in [0.717, 1.165) is 29.7 Å². The Bertz CT molecular complexity index is 841. The van der Waals surface area contributed by atoms with Crippen LogP contribution in [0.5, 0.6) is 0 Å². The zero-order chi connectivity index (χ0) is 19.4. The van der Waals surface area contributed by atoms with Gasteiger partial charge in [0.05, 0.1) is 18.4 Å². The van der Waals surface area contributed by atoms with Crippen LogP contribution in [0, 0.1) is 5.92 Å². The van der Waals surface area contributed by atoms with Gasteiger partial charge in [0, 0.05) is 17.7 Å². The fourth-order valence-corrected chi connectivity index (χ4v) is 4.57. The minimum atomic E-state index is -0.927. The van der Waals surface area contributed by atoms with Crippen LogP contribution in [0.3, 0.4) is 0 Å². The molecule has 1 aliphatic carbocycles. The Hall–Kier alpha value is -2.61. The highest BCUT2D eigenvalue weighted by molar-refractivity contribution is 7.17. The van der Waals surface area contributed by atoms with Crippen LogP contribution in [-0.2, 0) is 29.0 Å². The lowest BCUT2D eigenvalue weighted by atomic mass is 10.0. The summed E-state index contributed by atoms with van der Waals surface area (Å²) in [4.78, 5) is 37.0. The highest BCUT2D eigenvalue weighted by Crippen LogP contribution is 2.39. The number of carbonyl (C=O) groups excluding carboxylic acids is 2. The highest BCUT2D eigenvalue weighted by Gasteiger charge is 2.27. The number of hydrogen-bond donors (Lipinski definition) is 3. The lowest BCUT2D eigenvalue weighted by Gasteiger charge is -2.11. The second kappa shape index (κ2) is 8.39. The molecule has 1 aliphatic rings. The predicted molar refractivity (Wildman–Crippen MR) is 101 cm³/mol. The summed E-state index contributed by atoms with van der Waals surface area (Å²) in [7, 11) is 0. The Balaban J connectivity index is 1.70. The molecule has 0 bridgehead atoms. The number of anilines is 1. The van der Waals surface area contributed by atoms with Gasteiger partial charge in [-0.2, -0.15) is 0 Å². The summed E-state index contributed by atoms with van der Waals surface area (Å²) < 4.78 is 5.23. The van der Waals surface area contributed by atoms with E-state index in [4.69, 9.17) is 9.52 Å². The SMILES string of the molecule is C[C@@H](CC(=O)O)CC(=O)Nc1sc2c(c1C(=O)NCc1ccco1)CCC2. The lowest BCUT2D eigenvalue weighted by Crippen LogP contribution is -2.25. The highest BCUT2D eigenvalue weighted by atomic mass is 32.1. The molecule has 27 heavy (non-hydrogen) atoms. The van der Waals surface area contributed by atoms with Crippen molar-refractivity contribution in [3.8, 4) is 0 Å². The minimum Gasteiger partial charge on any atom is -0.481 e. The van der Waals surface area contributed by atoms with E-state index in [1.807, 2.05) is 0 Å². The number of carbonyl (C=O) groups is 3. The third-order valence-electron chi connectivity index (χ3n) is 4.46. The Morgan fingerprint density at radius 2 is 2.11 bits per heavy atom. The topological polar surface area (TPSA) is 109 Å². The van der Waals surface area contributed by atoms with E-state index < -0.39 is 5.97 Å². The van der Waals surface area contributed by atoms with Crippen molar-refractivity contribution in [1.29, 1.82) is 0 Å². The summed E-state index contributed by atoms with van der Waals surface area (Å²) in [6, 6.07) is 3.54. The summed E-state index contributed by atoms with van der Waals surface area (Å²) in [5.74, 6) is -1.05. The predicted octanol–water partition coefficient (Wildman–Crippen LogP) is 3.20. The molecule has 0 unspecified atom stereocenters. The van der Waals surface area contributed by atoms with Crippen molar-refractivity contribution < 1.29 is 23.9 Å². The summed E-state index contributed by atoms with van der Waals surface area (Å²) in [5, 5.41) is 15.0. The first-order chi connectivity index (χ1) is 12.9. The first-order valence-corrected chi connectivity index (χ1v) is 9.72. The molecule has 3 N–H and O–H groups in total. The van der Waals surface area contributed by atoms with Gasteiger partial charge in [0.1, 0.15) is 10.8 Å². The van der Waals surface area contributed by atoms with E-state index in [-0.39, 0.29) is 37.1 Å². The third kappa shape index (κ3) is 4.77. The Labute approximate surface area is 160 Å². The Morgan fingerprint density at radius 1 is 1.30 bits per heavy atom. The summed E-state index contributed by atoms with van der Waals surface area (Å²) in [6.45, 7) is 2.00. The van der Waals surface area contributed by atoms with Gasteiger partial charge < -0.3 is 20.2 Å². The van der Waals surface area contributed by atoms with Gasteiger partial charge in [-0.15, -0.1) is 11.3 Å². The van der Waals surface area contributed by atoms with E-state index in [0.29, 0.717) is 16.3 Å². The van der Waals surface area contributed by atoms with Crippen LogP contribution in [0.4, 0.5) is 5.00 Å². The van der Waals surface area contributed by atoms with Crippen LogP contribution < -0.4 is 10.6 Å². The number of aryl methyl sites for hydroxylation is 1. The maximum absolute atomic E-state index is 12.8. The molecular weight excluding hydrogens is 368 g/mol. The molecule has 2 amide bonds. The number of furan rings is 1. The first-order valence-electron chi connectivity index (χ1n) is 8.90. The number of rotatable bonds is 8. The number of carboxylic acids is 1. The van der Waals surface area contributed by atoms with Crippen LogP contribution in [0.2, 0.25) is 0 Å². The molecule has 2 heterocycles. The van der Waals surface area contributed by atoms with E-state index in [1.54, 1.807) is 25.3 Å². The van der Waals surface area contributed by atoms with Gasteiger partial charge in [-0.3, -0.25) is 14.4 Å². The molecule has 2 aromatic rings. The lowest BCUT2D eigenvalue weighted by molar-refractivity contribution is -0.138. The monoisotopic (exact) mass is 390 g/mol. The molecular formula is C19H22N2O5S. The molecule has 7 nitrogen and oxygen atoms in total. The average Bonchev–Trinajstić information content (AvgIpc) is 3.28. The fraction of sp³-hybridized carbons (Fsp3) is 0.421. The van der Waals surface area contributed by atoms with Gasteiger partial charge in [0.15, 0.2) is 0 Å². The van der Waals surface area contributed by atoms with E-state index >= 15 is 0 Å². The van der Waals surface area contributed by atoms with Gasteiger partial charge in [-0.05, 0) is 42.9 Å². The maximum atomic E-state index is 12.8. The van der Waals surface area contributed by atoms with Gasteiger partial charge >= 0.3 is 5.97 Å². The van der Waals surface area contributed by atoms with Crippen LogP contribution in [0.15, 0.2) is 22.8 Å². The number of amides is 2. The molecule has 0 aromatic carbocycles. The van der Waals surface area contributed by atoms with Crippen molar-refractivity contribution in [2.24, 2.45) is 5.92 Å².